The average Bonchev–Trinajstić information content (AvgIpc) is 3.26. The maximum Gasteiger partial charge on any atom is 0.105 e. The molecule has 3 nitrogen and oxygen atoms in total. The van der Waals surface area contributed by atoms with E-state index in [-0.39, 0.29) is 0 Å². The summed E-state index contributed by atoms with van der Waals surface area (Å²) in [6, 6.07) is 71.2. The zero-order valence-corrected chi connectivity index (χ0v) is 29.4. The molecule has 252 valence electrons. The molecule has 0 unspecified atom stereocenters. The van der Waals surface area contributed by atoms with E-state index in [0.29, 0.717) is 0 Å². The first kappa shape index (κ1) is 31.5. The Balaban J connectivity index is 1.43. The summed E-state index contributed by atoms with van der Waals surface area (Å²) in [5.41, 5.74) is 12.3. The molecule has 54 heavy (non-hydrogen) atoms. The van der Waals surface area contributed by atoms with Gasteiger partial charge in [-0.05, 0) is 70.9 Å². The fraction of sp³-hybridized carbons (Fsp3) is 0. The Kier molecular flexibility index (Phi) is 7.81. The molecule has 0 atom stereocenters. The third kappa shape index (κ3) is 5.25. The lowest BCUT2D eigenvalue weighted by Gasteiger charge is -2.23. The van der Waals surface area contributed by atoms with E-state index in [4.69, 9.17) is 10.2 Å². The van der Waals surface area contributed by atoms with Crippen LogP contribution in [-0.4, -0.2) is 15.4 Å². The first-order valence-corrected chi connectivity index (χ1v) is 18.3. The summed E-state index contributed by atoms with van der Waals surface area (Å²) in [5.74, 6) is 0. The molecule has 0 aliphatic heterocycles. The molecule has 0 fully saturated rings. The maximum absolute atomic E-state index is 4.97. The fourth-order valence-electron chi connectivity index (χ4n) is 8.18. The van der Waals surface area contributed by atoms with E-state index in [1.54, 1.807) is 0 Å². The minimum Gasteiger partial charge on any atom is -0.129 e. The van der Waals surface area contributed by atoms with Gasteiger partial charge >= 0.3 is 0 Å². The Hall–Kier alpha value is -7.23. The highest BCUT2D eigenvalue weighted by Crippen LogP contribution is 2.51. The van der Waals surface area contributed by atoms with Gasteiger partial charge in [-0.3, -0.25) is 0 Å². The smallest absolute Gasteiger partial charge is 0.105 e. The van der Waals surface area contributed by atoms with Crippen molar-refractivity contribution in [2.45, 2.75) is 0 Å². The lowest BCUT2D eigenvalue weighted by Crippen LogP contribution is -2.02. The molecule has 0 bridgehead atoms. The third-order valence-corrected chi connectivity index (χ3v) is 10.5. The van der Waals surface area contributed by atoms with Gasteiger partial charge in [0.15, 0.2) is 0 Å². The SMILES string of the molecule is c1ccc(-c2cccc(-c3nnnc(-c4ccccc4)c3-c3ccccc3)c2-c2c(-c3ccccc3)ccc3c4ccccc4c4ccccc4c23)cc1. The van der Waals surface area contributed by atoms with Crippen LogP contribution in [0.3, 0.4) is 0 Å². The van der Waals surface area contributed by atoms with E-state index in [2.05, 4.69) is 181 Å². The minimum absolute atomic E-state index is 0.781. The van der Waals surface area contributed by atoms with Gasteiger partial charge < -0.3 is 0 Å². The Bertz CT molecular complexity index is 2920. The molecule has 10 rings (SSSR count). The summed E-state index contributed by atoms with van der Waals surface area (Å²) in [7, 11) is 0. The largest absolute Gasteiger partial charge is 0.129 e. The van der Waals surface area contributed by atoms with Crippen molar-refractivity contribution in [2.24, 2.45) is 0 Å². The zero-order chi connectivity index (χ0) is 35.8. The molecule has 0 aliphatic rings. The molecule has 0 amide bonds. The number of hydrogen-bond acceptors (Lipinski definition) is 3. The molecular weight excluding hydrogens is 655 g/mol. The highest BCUT2D eigenvalue weighted by Gasteiger charge is 2.26. The van der Waals surface area contributed by atoms with Crippen LogP contribution in [0.4, 0.5) is 0 Å². The van der Waals surface area contributed by atoms with Crippen LogP contribution in [0.15, 0.2) is 200 Å². The molecule has 0 N–H and O–H groups in total. The van der Waals surface area contributed by atoms with Crippen molar-refractivity contribution in [1.82, 2.24) is 15.4 Å². The fourth-order valence-corrected chi connectivity index (χ4v) is 8.18. The van der Waals surface area contributed by atoms with E-state index >= 15 is 0 Å². The number of fused-ring (bicyclic) bond motifs is 6. The lowest BCUT2D eigenvalue weighted by atomic mass is 9.80. The number of benzene rings is 9. The number of nitrogens with zero attached hydrogens (tertiary/aromatic N) is 3. The molecule has 0 aliphatic carbocycles. The van der Waals surface area contributed by atoms with Crippen LogP contribution in [0.2, 0.25) is 0 Å². The van der Waals surface area contributed by atoms with Gasteiger partial charge in [-0.2, -0.15) is 0 Å². The molecule has 1 aromatic heterocycles. The summed E-state index contributed by atoms with van der Waals surface area (Å²) in [4.78, 5) is 0. The summed E-state index contributed by atoms with van der Waals surface area (Å²) in [5, 5.41) is 21.5. The third-order valence-electron chi connectivity index (χ3n) is 10.5. The Morgan fingerprint density at radius 3 is 1.26 bits per heavy atom. The van der Waals surface area contributed by atoms with Crippen molar-refractivity contribution in [3.8, 4) is 67.0 Å². The number of hydrogen-bond donors (Lipinski definition) is 0. The first-order chi connectivity index (χ1) is 26.8. The van der Waals surface area contributed by atoms with Gasteiger partial charge in [-0.25, -0.2) is 0 Å². The topological polar surface area (TPSA) is 38.7 Å². The van der Waals surface area contributed by atoms with Crippen molar-refractivity contribution in [1.29, 1.82) is 0 Å². The van der Waals surface area contributed by atoms with Crippen LogP contribution in [0, 0.1) is 0 Å². The van der Waals surface area contributed by atoms with Crippen molar-refractivity contribution in [3.63, 3.8) is 0 Å². The van der Waals surface area contributed by atoms with E-state index in [9.17, 15) is 0 Å². The van der Waals surface area contributed by atoms with Crippen LogP contribution in [-0.2, 0) is 0 Å². The first-order valence-electron chi connectivity index (χ1n) is 18.3. The van der Waals surface area contributed by atoms with Crippen molar-refractivity contribution < 1.29 is 0 Å². The molecule has 0 spiro atoms. The van der Waals surface area contributed by atoms with Crippen molar-refractivity contribution >= 4 is 32.3 Å². The van der Waals surface area contributed by atoms with Crippen LogP contribution in [0.25, 0.3) is 99.3 Å². The highest BCUT2D eigenvalue weighted by molar-refractivity contribution is 6.30. The molecular formula is C51H33N3. The van der Waals surface area contributed by atoms with Gasteiger partial charge in [0.05, 0.1) is 0 Å². The second-order valence-electron chi connectivity index (χ2n) is 13.6. The summed E-state index contributed by atoms with van der Waals surface area (Å²) in [6.45, 7) is 0. The standard InChI is InChI=1S/C51H33N3/c1-5-18-34(19-6-1)38-30-17-31-45(51-46(36-22-9-3-10-23-36)50(52-54-53-51)37-24-11-4-12-25-37)47(38)49-39(35-20-7-2-8-21-35)32-33-44-42-28-14-13-26-40(42)41-27-15-16-29-43(41)48(44)49/h1-33H. The Labute approximate surface area is 313 Å². The predicted molar refractivity (Wildman–Crippen MR) is 225 cm³/mol. The second-order valence-corrected chi connectivity index (χ2v) is 13.6. The Morgan fingerprint density at radius 1 is 0.241 bits per heavy atom. The van der Waals surface area contributed by atoms with Gasteiger partial charge in [0, 0.05) is 22.3 Å². The average molecular weight is 688 g/mol. The summed E-state index contributed by atoms with van der Waals surface area (Å²) >= 11 is 0. The van der Waals surface area contributed by atoms with Crippen LogP contribution < -0.4 is 0 Å². The van der Waals surface area contributed by atoms with E-state index in [1.165, 1.54) is 32.3 Å². The van der Waals surface area contributed by atoms with Crippen LogP contribution >= 0.6 is 0 Å². The lowest BCUT2D eigenvalue weighted by molar-refractivity contribution is 0.879. The quantitative estimate of drug-likeness (QED) is 0.163. The normalized spacial score (nSPS) is 11.3. The molecule has 0 saturated heterocycles. The highest BCUT2D eigenvalue weighted by atomic mass is 15.3. The van der Waals surface area contributed by atoms with Crippen molar-refractivity contribution in [2.75, 3.05) is 0 Å². The summed E-state index contributed by atoms with van der Waals surface area (Å²) < 4.78 is 0. The Morgan fingerprint density at radius 2 is 0.667 bits per heavy atom. The molecule has 3 heteroatoms. The monoisotopic (exact) mass is 687 g/mol. The van der Waals surface area contributed by atoms with Gasteiger partial charge in [0.1, 0.15) is 11.4 Å². The number of rotatable bonds is 6. The second kappa shape index (κ2) is 13.4. The van der Waals surface area contributed by atoms with Gasteiger partial charge in [-0.15, -0.1) is 10.2 Å². The molecule has 1 heterocycles. The van der Waals surface area contributed by atoms with E-state index in [0.717, 1.165) is 67.0 Å². The van der Waals surface area contributed by atoms with Crippen molar-refractivity contribution in [3.05, 3.63) is 200 Å². The maximum atomic E-state index is 4.97. The molecule has 9 aromatic carbocycles. The number of aromatic nitrogens is 3. The molecule has 10 aromatic rings. The zero-order valence-electron chi connectivity index (χ0n) is 29.4. The van der Waals surface area contributed by atoms with Gasteiger partial charge in [-0.1, -0.05) is 200 Å². The van der Waals surface area contributed by atoms with Crippen LogP contribution in [0.5, 0.6) is 0 Å². The molecule has 0 saturated carbocycles. The predicted octanol–water partition coefficient (Wildman–Crippen LogP) is 13.3. The van der Waals surface area contributed by atoms with E-state index in [1.807, 2.05) is 24.3 Å². The summed E-state index contributed by atoms with van der Waals surface area (Å²) in [6.07, 6.45) is 0. The minimum atomic E-state index is 0.781. The van der Waals surface area contributed by atoms with E-state index < -0.39 is 0 Å². The van der Waals surface area contributed by atoms with Gasteiger partial charge in [0.25, 0.3) is 0 Å². The van der Waals surface area contributed by atoms with Gasteiger partial charge in [0.2, 0.25) is 0 Å². The molecule has 0 radical (unpaired) electrons. The van der Waals surface area contributed by atoms with Crippen LogP contribution in [0.1, 0.15) is 0 Å².